The summed E-state index contributed by atoms with van der Waals surface area (Å²) in [5.74, 6) is -0.667. The van der Waals surface area contributed by atoms with Crippen molar-refractivity contribution in [3.63, 3.8) is 0 Å². The van der Waals surface area contributed by atoms with Crippen LogP contribution in [0.5, 0.6) is 0 Å². The van der Waals surface area contributed by atoms with Crippen LogP contribution in [0.4, 0.5) is 0 Å². The van der Waals surface area contributed by atoms with Gasteiger partial charge in [-0.25, -0.2) is 4.68 Å². The molecule has 7 nitrogen and oxygen atoms in total. The first-order chi connectivity index (χ1) is 4.58. The molecule has 9 heteroatoms. The molecule has 57 valence electrons. The third-order valence-electron chi connectivity index (χ3n) is 0.638. The molecule has 0 aliphatic rings. The van der Waals surface area contributed by atoms with Gasteiger partial charge in [0.1, 0.15) is 0 Å². The fourth-order valence-corrected chi connectivity index (χ4v) is 0.788. The number of tetrazole rings is 1. The predicted octanol–water partition coefficient (Wildman–Crippen LogP) is -2.33. The first kappa shape index (κ1) is 11.0. The van der Waals surface area contributed by atoms with E-state index < -0.39 is 16.0 Å². The van der Waals surface area contributed by atoms with Crippen molar-refractivity contribution in [1.29, 1.82) is 0 Å². The van der Waals surface area contributed by atoms with E-state index in [1.54, 1.807) is 0 Å². The number of hydrogen-bond acceptors (Lipinski definition) is 5. The van der Waals surface area contributed by atoms with Gasteiger partial charge in [-0.05, 0) is 10.4 Å². The molecule has 1 aromatic heterocycles. The van der Waals surface area contributed by atoms with E-state index in [0.29, 0.717) is 0 Å². The fraction of sp³-hybridized carbons (Fsp3) is 0.500. The molecule has 1 rings (SSSR count). The second-order valence-electron chi connectivity index (χ2n) is 1.49. The Morgan fingerprint density at radius 2 is 2.18 bits per heavy atom. The van der Waals surface area contributed by atoms with Crippen molar-refractivity contribution in [1.82, 2.24) is 20.2 Å². The second kappa shape index (κ2) is 4.12. The summed E-state index contributed by atoms with van der Waals surface area (Å²) in [7, 11) is -4.06. The molecular weight excluding hydrogens is 183 g/mol. The SMILES string of the molecule is O=S(=O)(O)Cn1[c]nnn1.[NaH]. The number of rotatable bonds is 2. The molecule has 0 unspecified atom stereocenters. The first-order valence-electron chi connectivity index (χ1n) is 2.17. The molecule has 0 fully saturated rings. The summed E-state index contributed by atoms with van der Waals surface area (Å²) in [5.41, 5.74) is 0. The summed E-state index contributed by atoms with van der Waals surface area (Å²) < 4.78 is 29.2. The van der Waals surface area contributed by atoms with Crippen LogP contribution in [-0.4, -0.2) is 62.7 Å². The third kappa shape index (κ3) is 4.43. The minimum absolute atomic E-state index is 0. The van der Waals surface area contributed by atoms with E-state index in [0.717, 1.165) is 4.68 Å². The van der Waals surface area contributed by atoms with Gasteiger partial charge in [0.2, 0.25) is 6.33 Å². The van der Waals surface area contributed by atoms with Crippen LogP contribution in [0.1, 0.15) is 0 Å². The van der Waals surface area contributed by atoms with Gasteiger partial charge in [-0.15, -0.1) is 5.10 Å². The van der Waals surface area contributed by atoms with Crippen LogP contribution < -0.4 is 0 Å². The molecule has 0 aliphatic heterocycles. The fourth-order valence-electron chi connectivity index (χ4n) is 0.369. The normalized spacial score (nSPS) is 10.6. The van der Waals surface area contributed by atoms with Crippen LogP contribution in [-0.2, 0) is 16.0 Å². The Kier molecular flexibility index (Phi) is 4.11. The zero-order chi connectivity index (χ0) is 7.61. The van der Waals surface area contributed by atoms with Gasteiger partial charge in [0.15, 0.2) is 5.88 Å². The van der Waals surface area contributed by atoms with Crippen LogP contribution in [0.25, 0.3) is 0 Å². The minimum atomic E-state index is -4.06. The summed E-state index contributed by atoms with van der Waals surface area (Å²) >= 11 is 0. The Labute approximate surface area is 84.8 Å². The molecule has 0 saturated heterocycles. The maximum atomic E-state index is 10.1. The topological polar surface area (TPSA) is 98.0 Å². The van der Waals surface area contributed by atoms with Crippen molar-refractivity contribution in [3.05, 3.63) is 6.33 Å². The van der Waals surface area contributed by atoms with Gasteiger partial charge in [-0.3, -0.25) is 4.55 Å². The van der Waals surface area contributed by atoms with E-state index in [-0.39, 0.29) is 29.6 Å². The average molecular weight is 187 g/mol. The van der Waals surface area contributed by atoms with Gasteiger partial charge < -0.3 is 0 Å². The maximum absolute atomic E-state index is 10.1. The first-order valence-corrected chi connectivity index (χ1v) is 3.78. The Balaban J connectivity index is 0.000001000. The number of nitrogens with zero attached hydrogens (tertiary/aromatic N) is 4. The molecule has 0 atom stereocenters. The van der Waals surface area contributed by atoms with Crippen molar-refractivity contribution in [3.8, 4) is 0 Å². The van der Waals surface area contributed by atoms with E-state index in [1.165, 1.54) is 0 Å². The van der Waals surface area contributed by atoms with Crippen molar-refractivity contribution in [2.24, 2.45) is 0 Å². The van der Waals surface area contributed by atoms with Crippen LogP contribution in [0.15, 0.2) is 0 Å². The average Bonchev–Trinajstić information content (AvgIpc) is 2.12. The Morgan fingerprint density at radius 3 is 2.55 bits per heavy atom. The zero-order valence-corrected chi connectivity index (χ0v) is 5.48. The summed E-state index contributed by atoms with van der Waals surface area (Å²) in [6.07, 6.45) is 2.10. The van der Waals surface area contributed by atoms with Gasteiger partial charge in [0, 0.05) is 0 Å². The van der Waals surface area contributed by atoms with E-state index in [9.17, 15) is 8.42 Å². The zero-order valence-electron chi connectivity index (χ0n) is 4.67. The summed E-state index contributed by atoms with van der Waals surface area (Å²) in [5, 5.41) is 9.31. The molecule has 11 heavy (non-hydrogen) atoms. The van der Waals surface area contributed by atoms with Gasteiger partial charge in [-0.1, -0.05) is 0 Å². The second-order valence-corrected chi connectivity index (χ2v) is 2.91. The van der Waals surface area contributed by atoms with E-state index in [4.69, 9.17) is 4.55 Å². The summed E-state index contributed by atoms with van der Waals surface area (Å²) in [4.78, 5) is 0. The van der Waals surface area contributed by atoms with Crippen LogP contribution in [0, 0.1) is 6.33 Å². The van der Waals surface area contributed by atoms with Gasteiger partial charge >= 0.3 is 29.6 Å². The van der Waals surface area contributed by atoms with E-state index in [1.807, 2.05) is 0 Å². The molecular formula is C2H4N4NaO3S. The standard InChI is InChI=1S/C2H3N4O3S.Na.H/c7-10(8,9)2-6-1-3-4-5-6;;/h2H2,(H,7,8,9);;. The monoisotopic (exact) mass is 187 g/mol. The Bertz CT molecular complexity index is 293. The third-order valence-corrected chi connectivity index (χ3v) is 1.21. The van der Waals surface area contributed by atoms with Gasteiger partial charge in [0.05, 0.1) is 0 Å². The molecule has 0 spiro atoms. The molecule has 0 saturated carbocycles. The molecule has 0 aromatic carbocycles. The van der Waals surface area contributed by atoms with E-state index in [2.05, 4.69) is 21.9 Å². The molecule has 0 aliphatic carbocycles. The van der Waals surface area contributed by atoms with Gasteiger partial charge in [0.25, 0.3) is 10.1 Å². The molecule has 0 bridgehead atoms. The molecule has 1 heterocycles. The number of aromatic nitrogens is 4. The van der Waals surface area contributed by atoms with Gasteiger partial charge in [-0.2, -0.15) is 8.42 Å². The molecule has 1 aromatic rings. The Morgan fingerprint density at radius 1 is 1.55 bits per heavy atom. The van der Waals surface area contributed by atoms with Crippen molar-refractivity contribution in [2.75, 3.05) is 0 Å². The van der Waals surface area contributed by atoms with E-state index >= 15 is 0 Å². The molecule has 1 N–H and O–H groups in total. The van der Waals surface area contributed by atoms with Crippen molar-refractivity contribution in [2.45, 2.75) is 5.88 Å². The predicted molar refractivity (Wildman–Crippen MR) is 35.4 cm³/mol. The summed E-state index contributed by atoms with van der Waals surface area (Å²) in [6.45, 7) is 0. The van der Waals surface area contributed by atoms with Crippen molar-refractivity contribution >= 4 is 39.7 Å². The quantitative estimate of drug-likeness (QED) is 0.412. The Hall–Kier alpha value is -0.0200. The molecule has 1 radical (unpaired) electrons. The van der Waals surface area contributed by atoms with Crippen LogP contribution in [0.2, 0.25) is 0 Å². The number of hydrogen-bond donors (Lipinski definition) is 1. The van der Waals surface area contributed by atoms with Crippen LogP contribution in [0.3, 0.4) is 0 Å². The molecule has 0 amide bonds. The van der Waals surface area contributed by atoms with Crippen LogP contribution >= 0.6 is 0 Å². The van der Waals surface area contributed by atoms with Crippen molar-refractivity contribution < 1.29 is 13.0 Å². The summed E-state index contributed by atoms with van der Waals surface area (Å²) in [6, 6.07) is 0.